The van der Waals surface area contributed by atoms with Crippen LogP contribution in [-0.4, -0.2) is 10.2 Å². The molecule has 1 aromatic carbocycles. The molecule has 21 heavy (non-hydrogen) atoms. The van der Waals surface area contributed by atoms with Gasteiger partial charge in [-0.2, -0.15) is 0 Å². The van der Waals surface area contributed by atoms with Gasteiger partial charge in [0.15, 0.2) is 5.75 Å². The summed E-state index contributed by atoms with van der Waals surface area (Å²) in [5.41, 5.74) is 6.37. The molecule has 3 N–H and O–H groups in total. The number of aromatic amines is 1. The Morgan fingerprint density at radius 2 is 1.81 bits per heavy atom. The Hall–Kier alpha value is -1.72. The Kier molecular flexibility index (Phi) is 5.63. The fourth-order valence-corrected chi connectivity index (χ4v) is 2.25. The molecule has 5 nitrogen and oxygen atoms in total. The largest absolute Gasteiger partial charge is 0.434 e. The Balaban J connectivity index is 0.00000220. The number of aromatic nitrogens is 2. The number of rotatable bonds is 3. The molecule has 0 radical (unpaired) electrons. The molecule has 0 spiro atoms. The normalized spacial score (nSPS) is 10.3. The van der Waals surface area contributed by atoms with E-state index in [1.165, 1.54) is 12.1 Å². The maximum atomic E-state index is 11.6. The summed E-state index contributed by atoms with van der Waals surface area (Å²) in [7, 11) is 0. The SMILES string of the molecule is C.CC(C)c1cc(Oc2c(Cl)cc(N)cc2Cl)n[nH]c1=O. The van der Waals surface area contributed by atoms with Crippen molar-refractivity contribution in [1.82, 2.24) is 10.2 Å². The predicted molar refractivity (Wildman–Crippen MR) is 86.6 cm³/mol. The molecule has 2 rings (SSSR count). The van der Waals surface area contributed by atoms with Crippen molar-refractivity contribution < 1.29 is 4.74 Å². The van der Waals surface area contributed by atoms with Crippen LogP contribution in [0, 0.1) is 0 Å². The van der Waals surface area contributed by atoms with Gasteiger partial charge in [0.05, 0.1) is 10.0 Å². The molecule has 0 saturated carbocycles. The van der Waals surface area contributed by atoms with Crippen molar-refractivity contribution in [2.24, 2.45) is 0 Å². The van der Waals surface area contributed by atoms with Crippen LogP contribution in [0.25, 0.3) is 0 Å². The summed E-state index contributed by atoms with van der Waals surface area (Å²) in [6.07, 6.45) is 0. The van der Waals surface area contributed by atoms with Gasteiger partial charge in [0.1, 0.15) is 0 Å². The molecule has 0 aliphatic carbocycles. The molecule has 0 bridgehead atoms. The van der Waals surface area contributed by atoms with Gasteiger partial charge in [0.25, 0.3) is 5.56 Å². The van der Waals surface area contributed by atoms with Gasteiger partial charge in [0, 0.05) is 17.3 Å². The van der Waals surface area contributed by atoms with Crippen LogP contribution < -0.4 is 16.0 Å². The number of nitrogens with one attached hydrogen (secondary N) is 1. The van der Waals surface area contributed by atoms with Crippen molar-refractivity contribution in [3.8, 4) is 11.6 Å². The number of nitrogens with zero attached hydrogens (tertiary/aromatic N) is 1. The van der Waals surface area contributed by atoms with Crippen LogP contribution in [0.3, 0.4) is 0 Å². The van der Waals surface area contributed by atoms with Gasteiger partial charge in [-0.1, -0.05) is 44.5 Å². The third kappa shape index (κ3) is 3.89. The number of nitrogens with two attached hydrogens (primary N) is 1. The van der Waals surface area contributed by atoms with Crippen LogP contribution in [0.2, 0.25) is 10.0 Å². The molecule has 7 heteroatoms. The highest BCUT2D eigenvalue weighted by Crippen LogP contribution is 2.37. The third-order valence-electron chi connectivity index (χ3n) is 2.66. The minimum atomic E-state index is -0.248. The van der Waals surface area contributed by atoms with E-state index in [2.05, 4.69) is 10.2 Å². The molecule has 0 amide bonds. The van der Waals surface area contributed by atoms with Crippen LogP contribution in [-0.2, 0) is 0 Å². The summed E-state index contributed by atoms with van der Waals surface area (Å²) in [6, 6.07) is 4.61. The van der Waals surface area contributed by atoms with Gasteiger partial charge in [0.2, 0.25) is 5.88 Å². The van der Waals surface area contributed by atoms with E-state index in [9.17, 15) is 4.79 Å². The van der Waals surface area contributed by atoms with Crippen molar-refractivity contribution in [1.29, 1.82) is 0 Å². The fourth-order valence-electron chi connectivity index (χ4n) is 1.66. The summed E-state index contributed by atoms with van der Waals surface area (Å²) >= 11 is 12.1. The van der Waals surface area contributed by atoms with E-state index in [0.717, 1.165) is 0 Å². The maximum Gasteiger partial charge on any atom is 0.267 e. The van der Waals surface area contributed by atoms with E-state index >= 15 is 0 Å². The van der Waals surface area contributed by atoms with Crippen LogP contribution in [0.5, 0.6) is 11.6 Å². The zero-order valence-corrected chi connectivity index (χ0v) is 12.4. The van der Waals surface area contributed by atoms with E-state index < -0.39 is 0 Å². The highest BCUT2D eigenvalue weighted by Gasteiger charge is 2.13. The average molecular weight is 330 g/mol. The van der Waals surface area contributed by atoms with E-state index in [-0.39, 0.29) is 40.6 Å². The molecule has 0 fully saturated rings. The molecule has 1 aromatic heterocycles. The molecule has 0 aliphatic rings. The summed E-state index contributed by atoms with van der Waals surface area (Å²) < 4.78 is 5.54. The zero-order valence-electron chi connectivity index (χ0n) is 10.9. The second-order valence-corrected chi connectivity index (χ2v) is 5.38. The van der Waals surface area contributed by atoms with Crippen molar-refractivity contribution >= 4 is 28.9 Å². The lowest BCUT2D eigenvalue weighted by Crippen LogP contribution is -2.15. The van der Waals surface area contributed by atoms with E-state index in [4.69, 9.17) is 33.7 Å². The quantitative estimate of drug-likeness (QED) is 0.826. The molecular weight excluding hydrogens is 313 g/mol. The van der Waals surface area contributed by atoms with Gasteiger partial charge < -0.3 is 10.5 Å². The first-order valence-electron chi connectivity index (χ1n) is 5.90. The summed E-state index contributed by atoms with van der Waals surface area (Å²) in [5, 5.41) is 6.74. The number of benzene rings is 1. The molecule has 1 heterocycles. The summed E-state index contributed by atoms with van der Waals surface area (Å²) in [4.78, 5) is 11.6. The van der Waals surface area contributed by atoms with E-state index in [1.807, 2.05) is 13.8 Å². The van der Waals surface area contributed by atoms with Crippen molar-refractivity contribution in [2.45, 2.75) is 27.2 Å². The lowest BCUT2D eigenvalue weighted by molar-refractivity contribution is 0.452. The molecule has 0 aliphatic heterocycles. The number of H-pyrrole nitrogens is 1. The van der Waals surface area contributed by atoms with Crippen molar-refractivity contribution in [3.05, 3.63) is 44.2 Å². The highest BCUT2D eigenvalue weighted by molar-refractivity contribution is 6.37. The first-order chi connectivity index (χ1) is 9.38. The third-order valence-corrected chi connectivity index (χ3v) is 3.22. The van der Waals surface area contributed by atoms with Crippen LogP contribution in [0.4, 0.5) is 5.69 Å². The number of hydrogen-bond donors (Lipinski definition) is 2. The number of anilines is 1. The van der Waals surface area contributed by atoms with Crippen molar-refractivity contribution in [2.75, 3.05) is 5.73 Å². The maximum absolute atomic E-state index is 11.6. The Morgan fingerprint density at radius 1 is 1.24 bits per heavy atom. The Morgan fingerprint density at radius 3 is 2.33 bits per heavy atom. The average Bonchev–Trinajstić information content (AvgIpc) is 2.35. The summed E-state index contributed by atoms with van der Waals surface area (Å²) in [5.74, 6) is 0.500. The van der Waals surface area contributed by atoms with Crippen molar-refractivity contribution in [3.63, 3.8) is 0 Å². The van der Waals surface area contributed by atoms with Gasteiger partial charge >= 0.3 is 0 Å². The molecule has 114 valence electrons. The second kappa shape index (κ2) is 6.83. The van der Waals surface area contributed by atoms with Gasteiger partial charge in [-0.3, -0.25) is 4.79 Å². The topological polar surface area (TPSA) is 81.0 Å². The Bertz CT molecular complexity index is 676. The minimum absolute atomic E-state index is 0. The molecule has 0 unspecified atom stereocenters. The lowest BCUT2D eigenvalue weighted by Gasteiger charge is -2.10. The number of hydrogen-bond acceptors (Lipinski definition) is 4. The lowest BCUT2D eigenvalue weighted by atomic mass is 10.1. The first-order valence-corrected chi connectivity index (χ1v) is 6.66. The monoisotopic (exact) mass is 329 g/mol. The highest BCUT2D eigenvalue weighted by atomic mass is 35.5. The van der Waals surface area contributed by atoms with Gasteiger partial charge in [-0.25, -0.2) is 5.10 Å². The standard InChI is InChI=1S/C13H13Cl2N3O2.CH4/c1-6(2)8-5-11(17-18-13(8)19)20-12-9(14)3-7(16)4-10(12)15;/h3-6H,16H2,1-2H3,(H,18,19);1H4. The molecule has 0 atom stereocenters. The molecular formula is C14H17Cl2N3O2. The number of halogens is 2. The first kappa shape index (κ1) is 17.3. The predicted octanol–water partition coefficient (Wildman–Crippen LogP) is 4.21. The van der Waals surface area contributed by atoms with Crippen LogP contribution >= 0.6 is 23.2 Å². The summed E-state index contributed by atoms with van der Waals surface area (Å²) in [6.45, 7) is 3.80. The number of ether oxygens (including phenoxy) is 1. The smallest absolute Gasteiger partial charge is 0.267 e. The van der Waals surface area contributed by atoms with Gasteiger partial charge in [-0.15, -0.1) is 5.10 Å². The van der Waals surface area contributed by atoms with Crippen LogP contribution in [0.1, 0.15) is 32.8 Å². The van der Waals surface area contributed by atoms with E-state index in [1.54, 1.807) is 6.07 Å². The molecule has 2 aromatic rings. The fraction of sp³-hybridized carbons (Fsp3) is 0.286. The zero-order chi connectivity index (χ0) is 14.9. The second-order valence-electron chi connectivity index (χ2n) is 4.56. The molecule has 0 saturated heterocycles. The van der Waals surface area contributed by atoms with E-state index in [0.29, 0.717) is 11.3 Å². The van der Waals surface area contributed by atoms with Gasteiger partial charge in [-0.05, 0) is 18.1 Å². The minimum Gasteiger partial charge on any atom is -0.434 e. The number of nitrogen functional groups attached to an aromatic ring is 1. The Labute approximate surface area is 133 Å². The van der Waals surface area contributed by atoms with Crippen LogP contribution in [0.15, 0.2) is 23.0 Å².